The van der Waals surface area contributed by atoms with Gasteiger partial charge in [-0.2, -0.15) is 0 Å². The van der Waals surface area contributed by atoms with Gasteiger partial charge >= 0.3 is 0 Å². The quantitative estimate of drug-likeness (QED) is 0.594. The van der Waals surface area contributed by atoms with Gasteiger partial charge in [0.2, 0.25) is 5.95 Å². The van der Waals surface area contributed by atoms with Crippen molar-refractivity contribution < 1.29 is 9.36 Å². The summed E-state index contributed by atoms with van der Waals surface area (Å²) in [6.07, 6.45) is 4.69. The van der Waals surface area contributed by atoms with E-state index < -0.39 is 7.14 Å². The molecule has 0 bridgehead atoms. The lowest BCUT2D eigenvalue weighted by atomic mass is 10.1. The lowest BCUT2D eigenvalue weighted by molar-refractivity contribution is 0.102. The number of anilines is 1. The zero-order valence-corrected chi connectivity index (χ0v) is 18.7. The molecule has 2 aromatic heterocycles. The molecule has 30 heavy (non-hydrogen) atoms. The molecule has 9 heteroatoms. The third-order valence-electron chi connectivity index (χ3n) is 5.33. The normalized spacial score (nSPS) is 17.6. The zero-order chi connectivity index (χ0) is 21.3. The Balaban J connectivity index is 1.74. The van der Waals surface area contributed by atoms with Crippen LogP contribution in [0.2, 0.25) is 5.02 Å². The van der Waals surface area contributed by atoms with E-state index in [0.717, 1.165) is 43.4 Å². The third kappa shape index (κ3) is 4.29. The molecule has 0 radical (unpaired) electrons. The van der Waals surface area contributed by atoms with Crippen molar-refractivity contribution in [2.75, 3.05) is 31.7 Å². The number of nitrogens with zero attached hydrogens (tertiary/aromatic N) is 3. The van der Waals surface area contributed by atoms with Gasteiger partial charge in [-0.25, -0.2) is 4.98 Å². The molecule has 1 aromatic carbocycles. The van der Waals surface area contributed by atoms with Gasteiger partial charge in [-0.1, -0.05) is 24.1 Å². The van der Waals surface area contributed by atoms with Crippen LogP contribution in [0.5, 0.6) is 0 Å². The zero-order valence-electron chi connectivity index (χ0n) is 17.1. The highest BCUT2D eigenvalue weighted by molar-refractivity contribution is 7.69. The average Bonchev–Trinajstić information content (AvgIpc) is 2.88. The summed E-state index contributed by atoms with van der Waals surface area (Å²) in [6, 6.07) is 8.92. The highest BCUT2D eigenvalue weighted by Gasteiger charge is 2.24. The highest BCUT2D eigenvalue weighted by atomic mass is 35.5. The minimum Gasteiger partial charge on any atom is -0.318 e. The van der Waals surface area contributed by atoms with E-state index in [2.05, 4.69) is 20.6 Å². The van der Waals surface area contributed by atoms with Crippen LogP contribution in [0.25, 0.3) is 11.0 Å². The topological polar surface area (TPSA) is 88.9 Å². The van der Waals surface area contributed by atoms with E-state index in [1.54, 1.807) is 25.5 Å². The first kappa shape index (κ1) is 21.0. The van der Waals surface area contributed by atoms with E-state index in [4.69, 9.17) is 11.6 Å². The van der Waals surface area contributed by atoms with Crippen LogP contribution >= 0.6 is 18.7 Å². The molecule has 1 saturated heterocycles. The van der Waals surface area contributed by atoms with E-state index in [-0.39, 0.29) is 11.9 Å². The molecule has 3 aromatic rings. The Bertz CT molecular complexity index is 1130. The van der Waals surface area contributed by atoms with Gasteiger partial charge in [-0.3, -0.25) is 15.1 Å². The number of rotatable bonds is 4. The molecule has 1 atom stereocenters. The van der Waals surface area contributed by atoms with Crippen LogP contribution in [-0.2, 0) is 4.57 Å². The Morgan fingerprint density at radius 1 is 1.30 bits per heavy atom. The maximum atomic E-state index is 13.0. The maximum Gasteiger partial charge on any atom is 0.258 e. The van der Waals surface area contributed by atoms with Crippen LogP contribution in [0.15, 0.2) is 36.5 Å². The molecule has 4 rings (SSSR count). The molecule has 0 spiro atoms. The Morgan fingerprint density at radius 3 is 2.93 bits per heavy atom. The summed E-state index contributed by atoms with van der Waals surface area (Å²) >= 11 is 6.53. The van der Waals surface area contributed by atoms with Crippen molar-refractivity contribution in [2.24, 2.45) is 0 Å². The van der Waals surface area contributed by atoms with Gasteiger partial charge in [0.05, 0.1) is 16.1 Å². The number of aromatic nitrogens is 3. The molecule has 1 aliphatic rings. The number of benzene rings is 1. The van der Waals surface area contributed by atoms with Gasteiger partial charge in [-0.05, 0) is 57.0 Å². The van der Waals surface area contributed by atoms with Crippen molar-refractivity contribution in [1.29, 1.82) is 0 Å². The van der Waals surface area contributed by atoms with E-state index in [1.807, 2.05) is 22.8 Å². The maximum absolute atomic E-state index is 13.0. The second-order valence-electron chi connectivity index (χ2n) is 7.97. The Labute approximate surface area is 180 Å². The SMILES string of the molecule is CP(C)(=O)c1cc(C(=O)Nc2nc3cccc(Cl)c3n2[C@@H]2CCCCNC2)ccn1. The van der Waals surface area contributed by atoms with E-state index in [9.17, 15) is 9.36 Å². The molecule has 1 fully saturated rings. The molecule has 7 nitrogen and oxygen atoms in total. The number of amides is 1. The summed E-state index contributed by atoms with van der Waals surface area (Å²) in [7, 11) is -2.57. The number of hydrogen-bond acceptors (Lipinski definition) is 5. The molecule has 1 aliphatic heterocycles. The molecule has 0 aliphatic carbocycles. The molecule has 1 amide bonds. The number of imidazole rings is 1. The lowest BCUT2D eigenvalue weighted by Crippen LogP contribution is -2.26. The average molecular weight is 446 g/mol. The van der Waals surface area contributed by atoms with Crippen LogP contribution in [0.3, 0.4) is 0 Å². The standard InChI is InChI=1S/C21H25ClN5O2P/c1-30(2,29)18-12-14(9-11-24-18)20(28)26-21-25-17-8-5-7-16(22)19(17)27(21)15-6-3-4-10-23-13-15/h5,7-9,11-12,15,23H,3-4,6,10,13H2,1-2H3,(H,25,26,28)/t15-/m1/s1. The minimum atomic E-state index is -2.57. The number of fused-ring (bicyclic) bond motifs is 1. The number of para-hydroxylation sites is 1. The van der Waals surface area contributed by atoms with Crippen LogP contribution in [0.4, 0.5) is 5.95 Å². The fourth-order valence-electron chi connectivity index (χ4n) is 3.80. The molecule has 2 N–H and O–H groups in total. The summed E-state index contributed by atoms with van der Waals surface area (Å²) < 4.78 is 14.4. The summed E-state index contributed by atoms with van der Waals surface area (Å²) in [5, 5.41) is 7.02. The Kier molecular flexibility index (Phi) is 5.96. The molecule has 0 saturated carbocycles. The van der Waals surface area contributed by atoms with Crippen molar-refractivity contribution in [3.8, 4) is 0 Å². The number of nitrogens with one attached hydrogen (secondary N) is 2. The first-order valence-corrected chi connectivity index (χ1v) is 13.0. The number of pyridine rings is 1. The summed E-state index contributed by atoms with van der Waals surface area (Å²) in [6.45, 7) is 5.04. The Hall–Kier alpha value is -2.21. The van der Waals surface area contributed by atoms with Crippen LogP contribution in [0, 0.1) is 0 Å². The predicted octanol–water partition coefficient (Wildman–Crippen LogP) is 3.90. The first-order chi connectivity index (χ1) is 14.3. The highest BCUT2D eigenvalue weighted by Crippen LogP contribution is 2.34. The second kappa shape index (κ2) is 8.50. The molecule has 158 valence electrons. The monoisotopic (exact) mass is 445 g/mol. The van der Waals surface area contributed by atoms with Gasteiger partial charge in [0, 0.05) is 24.3 Å². The molecule has 0 unspecified atom stereocenters. The van der Waals surface area contributed by atoms with Crippen molar-refractivity contribution >= 4 is 47.1 Å². The number of carbonyl (C=O) groups is 1. The first-order valence-electron chi connectivity index (χ1n) is 10.0. The van der Waals surface area contributed by atoms with Crippen molar-refractivity contribution in [1.82, 2.24) is 19.9 Å². The summed E-state index contributed by atoms with van der Waals surface area (Å²) in [4.78, 5) is 21.8. The summed E-state index contributed by atoms with van der Waals surface area (Å²) in [5.41, 5.74) is 2.39. The van der Waals surface area contributed by atoms with Gasteiger partial charge in [0.1, 0.15) is 12.6 Å². The van der Waals surface area contributed by atoms with Gasteiger partial charge in [0.15, 0.2) is 0 Å². The fourth-order valence-corrected chi connectivity index (χ4v) is 4.85. The van der Waals surface area contributed by atoms with Crippen LogP contribution in [-0.4, -0.2) is 46.9 Å². The van der Waals surface area contributed by atoms with Crippen molar-refractivity contribution in [3.63, 3.8) is 0 Å². The second-order valence-corrected chi connectivity index (χ2v) is 11.5. The van der Waals surface area contributed by atoms with E-state index >= 15 is 0 Å². The Morgan fingerprint density at radius 2 is 2.13 bits per heavy atom. The van der Waals surface area contributed by atoms with E-state index in [0.29, 0.717) is 22.0 Å². The predicted molar refractivity (Wildman–Crippen MR) is 122 cm³/mol. The fraction of sp³-hybridized carbons (Fsp3) is 0.381. The van der Waals surface area contributed by atoms with Gasteiger partial charge < -0.3 is 14.4 Å². The van der Waals surface area contributed by atoms with Gasteiger partial charge in [-0.15, -0.1) is 0 Å². The summed E-state index contributed by atoms with van der Waals surface area (Å²) in [5.74, 6) is 0.146. The smallest absolute Gasteiger partial charge is 0.258 e. The van der Waals surface area contributed by atoms with Crippen molar-refractivity contribution in [3.05, 3.63) is 47.1 Å². The third-order valence-corrected chi connectivity index (χ3v) is 6.98. The van der Waals surface area contributed by atoms with Gasteiger partial charge in [0.25, 0.3) is 5.91 Å². The minimum absolute atomic E-state index is 0.132. The van der Waals surface area contributed by atoms with E-state index in [1.165, 1.54) is 6.20 Å². The number of halogens is 1. The molecular weight excluding hydrogens is 421 g/mol. The lowest BCUT2D eigenvalue weighted by Gasteiger charge is -2.20. The largest absolute Gasteiger partial charge is 0.318 e. The van der Waals surface area contributed by atoms with Crippen molar-refractivity contribution in [2.45, 2.75) is 25.3 Å². The van der Waals surface area contributed by atoms with Crippen LogP contribution in [0.1, 0.15) is 35.7 Å². The molecular formula is C21H25ClN5O2P. The molecule has 3 heterocycles. The number of hydrogen-bond donors (Lipinski definition) is 2. The number of carbonyl (C=O) groups excluding carboxylic acids is 1. The van der Waals surface area contributed by atoms with Crippen LogP contribution < -0.4 is 16.1 Å².